The fourth-order valence-corrected chi connectivity index (χ4v) is 3.92. The third kappa shape index (κ3) is 3.03. The van der Waals surface area contributed by atoms with Crippen LogP contribution in [0.2, 0.25) is 5.02 Å². The van der Waals surface area contributed by atoms with Crippen molar-refractivity contribution in [3.8, 4) is 0 Å². The number of hydrogen-bond acceptors (Lipinski definition) is 2. The molecule has 3 rings (SSSR count). The van der Waals surface area contributed by atoms with E-state index in [0.29, 0.717) is 0 Å². The summed E-state index contributed by atoms with van der Waals surface area (Å²) in [6.07, 6.45) is 2.13. The fraction of sp³-hybridized carbons (Fsp3) is 0.294. The molecule has 1 nitrogen and oxygen atoms in total. The standard InChI is InChI=1S/C17H18ClNS/c1-19-11-9-14-15(10-12-19)17(8-7-16(14)18)20-13-5-3-2-4-6-13/h2-8H,9-12H2,1H3. The van der Waals surface area contributed by atoms with Crippen LogP contribution in [-0.2, 0) is 12.8 Å². The minimum absolute atomic E-state index is 0.924. The van der Waals surface area contributed by atoms with Crippen molar-refractivity contribution < 1.29 is 0 Å². The highest BCUT2D eigenvalue weighted by molar-refractivity contribution is 7.99. The molecule has 1 aliphatic heterocycles. The molecule has 0 unspecified atom stereocenters. The molecule has 0 aliphatic carbocycles. The van der Waals surface area contributed by atoms with Crippen LogP contribution in [0.1, 0.15) is 11.1 Å². The lowest BCUT2D eigenvalue weighted by Crippen LogP contribution is -2.20. The van der Waals surface area contributed by atoms with E-state index in [9.17, 15) is 0 Å². The number of fused-ring (bicyclic) bond motifs is 1. The smallest absolute Gasteiger partial charge is 0.0442 e. The third-order valence-electron chi connectivity index (χ3n) is 3.79. The maximum absolute atomic E-state index is 6.41. The summed E-state index contributed by atoms with van der Waals surface area (Å²) in [5, 5.41) is 0.924. The predicted molar refractivity (Wildman–Crippen MR) is 86.9 cm³/mol. The molecule has 0 saturated heterocycles. The monoisotopic (exact) mass is 303 g/mol. The fourth-order valence-electron chi connectivity index (χ4n) is 2.62. The molecule has 2 aromatic carbocycles. The third-order valence-corrected chi connectivity index (χ3v) is 5.25. The van der Waals surface area contributed by atoms with Gasteiger partial charge >= 0.3 is 0 Å². The molecule has 1 aliphatic rings. The Hall–Kier alpha value is -0.960. The van der Waals surface area contributed by atoms with Gasteiger partial charge in [0, 0.05) is 27.9 Å². The Morgan fingerprint density at radius 1 is 0.950 bits per heavy atom. The van der Waals surface area contributed by atoms with Crippen LogP contribution in [-0.4, -0.2) is 25.0 Å². The minimum atomic E-state index is 0.924. The molecular weight excluding hydrogens is 286 g/mol. The zero-order valence-electron chi connectivity index (χ0n) is 11.6. The van der Waals surface area contributed by atoms with Crippen LogP contribution in [0.4, 0.5) is 0 Å². The largest absolute Gasteiger partial charge is 0.306 e. The van der Waals surface area contributed by atoms with Gasteiger partial charge in [0.25, 0.3) is 0 Å². The summed E-state index contributed by atoms with van der Waals surface area (Å²) in [5.74, 6) is 0. The first-order chi connectivity index (χ1) is 9.74. The van der Waals surface area contributed by atoms with Crippen LogP contribution in [0.3, 0.4) is 0 Å². The van der Waals surface area contributed by atoms with Crippen LogP contribution in [0.15, 0.2) is 52.3 Å². The Labute approximate surface area is 129 Å². The molecule has 0 N–H and O–H groups in total. The van der Waals surface area contributed by atoms with Gasteiger partial charge in [0.15, 0.2) is 0 Å². The van der Waals surface area contributed by atoms with Crippen molar-refractivity contribution in [2.45, 2.75) is 22.6 Å². The van der Waals surface area contributed by atoms with Crippen molar-refractivity contribution in [2.24, 2.45) is 0 Å². The summed E-state index contributed by atoms with van der Waals surface area (Å²) < 4.78 is 0. The normalized spacial score (nSPS) is 15.7. The molecular formula is C17H18ClNS. The summed E-state index contributed by atoms with van der Waals surface area (Å²) in [6, 6.07) is 14.8. The second-order valence-corrected chi connectivity index (χ2v) is 6.74. The maximum atomic E-state index is 6.41. The van der Waals surface area contributed by atoms with Gasteiger partial charge in [0.1, 0.15) is 0 Å². The highest BCUT2D eigenvalue weighted by Gasteiger charge is 2.17. The van der Waals surface area contributed by atoms with E-state index in [1.54, 1.807) is 0 Å². The average molecular weight is 304 g/mol. The number of rotatable bonds is 2. The van der Waals surface area contributed by atoms with Crippen LogP contribution < -0.4 is 0 Å². The van der Waals surface area contributed by atoms with Gasteiger partial charge < -0.3 is 4.90 Å². The van der Waals surface area contributed by atoms with Crippen LogP contribution >= 0.6 is 23.4 Å². The average Bonchev–Trinajstić information content (AvgIpc) is 2.66. The van der Waals surface area contributed by atoms with Gasteiger partial charge in [-0.2, -0.15) is 0 Å². The molecule has 0 amide bonds. The Morgan fingerprint density at radius 2 is 1.65 bits per heavy atom. The predicted octanol–water partition coefficient (Wildman–Crippen LogP) is 4.52. The number of halogens is 1. The van der Waals surface area contributed by atoms with E-state index in [1.807, 2.05) is 11.8 Å². The summed E-state index contributed by atoms with van der Waals surface area (Å²) >= 11 is 8.25. The second-order valence-electron chi connectivity index (χ2n) is 5.22. The Bertz CT molecular complexity index is 597. The van der Waals surface area contributed by atoms with Crippen molar-refractivity contribution >= 4 is 23.4 Å². The van der Waals surface area contributed by atoms with Gasteiger partial charge in [0.05, 0.1) is 0 Å². The van der Waals surface area contributed by atoms with E-state index in [1.165, 1.54) is 20.9 Å². The molecule has 0 fully saturated rings. The molecule has 1 heterocycles. The zero-order valence-corrected chi connectivity index (χ0v) is 13.2. The molecule has 0 bridgehead atoms. The number of nitrogens with zero attached hydrogens (tertiary/aromatic N) is 1. The number of likely N-dealkylation sites (N-methyl/N-ethyl adjacent to an activating group) is 1. The Kier molecular flexibility index (Phi) is 4.35. The first kappa shape index (κ1) is 14.0. The van der Waals surface area contributed by atoms with Crippen molar-refractivity contribution in [3.05, 3.63) is 58.6 Å². The molecule has 104 valence electrons. The van der Waals surface area contributed by atoms with Gasteiger partial charge in [-0.1, -0.05) is 41.6 Å². The Balaban J connectivity index is 1.96. The molecule has 2 aromatic rings. The van der Waals surface area contributed by atoms with E-state index < -0.39 is 0 Å². The first-order valence-corrected chi connectivity index (χ1v) is 8.15. The lowest BCUT2D eigenvalue weighted by Gasteiger charge is -2.13. The van der Waals surface area contributed by atoms with Crippen LogP contribution in [0.5, 0.6) is 0 Å². The molecule has 0 atom stereocenters. The van der Waals surface area contributed by atoms with E-state index in [-0.39, 0.29) is 0 Å². The van der Waals surface area contributed by atoms with Crippen molar-refractivity contribution in [1.82, 2.24) is 4.90 Å². The van der Waals surface area contributed by atoms with Crippen molar-refractivity contribution in [1.29, 1.82) is 0 Å². The molecule has 20 heavy (non-hydrogen) atoms. The Morgan fingerprint density at radius 3 is 2.40 bits per heavy atom. The highest BCUT2D eigenvalue weighted by Crippen LogP contribution is 2.36. The van der Waals surface area contributed by atoms with Crippen molar-refractivity contribution in [3.63, 3.8) is 0 Å². The number of benzene rings is 2. The van der Waals surface area contributed by atoms with Gasteiger partial charge in [-0.3, -0.25) is 0 Å². The summed E-state index contributed by atoms with van der Waals surface area (Å²) in [7, 11) is 2.18. The summed E-state index contributed by atoms with van der Waals surface area (Å²) in [6.45, 7) is 2.20. The second kappa shape index (κ2) is 6.21. The first-order valence-electron chi connectivity index (χ1n) is 6.96. The lowest BCUT2D eigenvalue weighted by molar-refractivity contribution is 0.352. The SMILES string of the molecule is CN1CCc2c(Cl)ccc(Sc3ccccc3)c2CC1. The van der Waals surface area contributed by atoms with Gasteiger partial charge in [0.2, 0.25) is 0 Å². The number of hydrogen-bond donors (Lipinski definition) is 0. The molecule has 0 radical (unpaired) electrons. The topological polar surface area (TPSA) is 3.24 Å². The molecule has 0 spiro atoms. The van der Waals surface area contributed by atoms with Crippen molar-refractivity contribution in [2.75, 3.05) is 20.1 Å². The van der Waals surface area contributed by atoms with E-state index >= 15 is 0 Å². The van der Waals surface area contributed by atoms with Crippen LogP contribution in [0.25, 0.3) is 0 Å². The van der Waals surface area contributed by atoms with Gasteiger partial charge in [-0.15, -0.1) is 0 Å². The lowest BCUT2D eigenvalue weighted by atomic mass is 10.0. The summed E-state index contributed by atoms with van der Waals surface area (Å²) in [4.78, 5) is 5.02. The van der Waals surface area contributed by atoms with E-state index in [2.05, 4.69) is 54.4 Å². The molecule has 0 aromatic heterocycles. The molecule has 0 saturated carbocycles. The van der Waals surface area contributed by atoms with Crippen LogP contribution in [0, 0.1) is 0 Å². The maximum Gasteiger partial charge on any atom is 0.0442 e. The quantitative estimate of drug-likeness (QED) is 0.802. The zero-order chi connectivity index (χ0) is 13.9. The van der Waals surface area contributed by atoms with Gasteiger partial charge in [-0.25, -0.2) is 0 Å². The summed E-state index contributed by atoms with van der Waals surface area (Å²) in [5.41, 5.74) is 2.78. The highest BCUT2D eigenvalue weighted by atomic mass is 35.5. The van der Waals surface area contributed by atoms with E-state index in [0.717, 1.165) is 31.0 Å². The minimum Gasteiger partial charge on any atom is -0.306 e. The van der Waals surface area contributed by atoms with Gasteiger partial charge in [-0.05, 0) is 55.3 Å². The van der Waals surface area contributed by atoms with E-state index in [4.69, 9.17) is 11.6 Å². The molecule has 3 heteroatoms.